The topological polar surface area (TPSA) is 51.7 Å². The van der Waals surface area contributed by atoms with Gasteiger partial charge in [0.1, 0.15) is 0 Å². The lowest BCUT2D eigenvalue weighted by Crippen LogP contribution is -2.48. The summed E-state index contributed by atoms with van der Waals surface area (Å²) in [6.45, 7) is 5.19. The molecule has 98 valence electrons. The first-order valence-electron chi connectivity index (χ1n) is 6.05. The van der Waals surface area contributed by atoms with Crippen molar-refractivity contribution in [1.82, 2.24) is 9.88 Å². The number of aromatic nitrogens is 1. The highest BCUT2D eigenvalue weighted by Crippen LogP contribution is 2.15. The summed E-state index contributed by atoms with van der Waals surface area (Å²) < 4.78 is 10.6. The summed E-state index contributed by atoms with van der Waals surface area (Å²) in [6.07, 6.45) is 1.69. The van der Waals surface area contributed by atoms with Gasteiger partial charge < -0.3 is 14.4 Å². The van der Waals surface area contributed by atoms with Gasteiger partial charge in [-0.3, -0.25) is 4.79 Å². The van der Waals surface area contributed by atoms with E-state index in [1.165, 1.54) is 0 Å². The first-order valence-corrected chi connectivity index (χ1v) is 6.05. The molecule has 1 aromatic heterocycles. The number of hydrogen-bond acceptors (Lipinski definition) is 4. The predicted octanol–water partition coefficient (Wildman–Crippen LogP) is 1.34. The Hall–Kier alpha value is -1.62. The molecule has 1 aromatic rings. The number of hydrogen-bond donors (Lipinski definition) is 0. The minimum absolute atomic E-state index is 0.00727. The molecule has 2 heterocycles. The van der Waals surface area contributed by atoms with Crippen LogP contribution in [0.15, 0.2) is 18.3 Å². The van der Waals surface area contributed by atoms with Crippen molar-refractivity contribution in [3.63, 3.8) is 0 Å². The van der Waals surface area contributed by atoms with Crippen molar-refractivity contribution in [2.24, 2.45) is 0 Å². The molecule has 0 unspecified atom stereocenters. The molecule has 2 rings (SSSR count). The molecule has 1 aliphatic heterocycles. The van der Waals surface area contributed by atoms with E-state index in [2.05, 4.69) is 4.98 Å². The molecular formula is C13H18N2O3. The maximum atomic E-state index is 12.3. The number of pyridine rings is 1. The third kappa shape index (κ3) is 2.79. The van der Waals surface area contributed by atoms with E-state index in [0.717, 1.165) is 0 Å². The molecule has 0 aliphatic carbocycles. The van der Waals surface area contributed by atoms with Gasteiger partial charge in [-0.2, -0.15) is 0 Å². The van der Waals surface area contributed by atoms with E-state index in [-0.39, 0.29) is 18.1 Å². The second kappa shape index (κ2) is 5.35. The molecule has 1 aliphatic rings. The molecule has 0 bridgehead atoms. The fourth-order valence-electron chi connectivity index (χ4n) is 2.15. The number of methoxy groups -OCH3 is 1. The predicted molar refractivity (Wildman–Crippen MR) is 66.7 cm³/mol. The molecule has 18 heavy (non-hydrogen) atoms. The molecular weight excluding hydrogens is 232 g/mol. The lowest BCUT2D eigenvalue weighted by atomic mass is 10.2. The lowest BCUT2D eigenvalue weighted by Gasteiger charge is -2.35. The molecule has 5 nitrogen and oxygen atoms in total. The van der Waals surface area contributed by atoms with Crippen LogP contribution >= 0.6 is 0 Å². The Morgan fingerprint density at radius 3 is 2.56 bits per heavy atom. The van der Waals surface area contributed by atoms with Gasteiger partial charge in [0, 0.05) is 25.4 Å². The summed E-state index contributed by atoms with van der Waals surface area (Å²) in [5, 5.41) is 0. The maximum Gasteiger partial charge on any atom is 0.255 e. The highest BCUT2D eigenvalue weighted by Gasteiger charge is 2.26. The highest BCUT2D eigenvalue weighted by atomic mass is 16.5. The van der Waals surface area contributed by atoms with E-state index in [0.29, 0.717) is 24.5 Å². The molecule has 5 heteroatoms. The standard InChI is InChI=1S/C13H18N2O3/c1-9-7-15(8-10(2)18-9)13(16)11-4-5-12(17-3)14-6-11/h4-6,9-10H,7-8H2,1-3H3/t9-,10-/m0/s1. The summed E-state index contributed by atoms with van der Waals surface area (Å²) in [5.74, 6) is 0.502. The van der Waals surface area contributed by atoms with Crippen LogP contribution in [-0.2, 0) is 4.74 Å². The van der Waals surface area contributed by atoms with E-state index in [4.69, 9.17) is 9.47 Å². The SMILES string of the molecule is COc1ccc(C(=O)N2C[C@H](C)O[C@@H](C)C2)cn1. The average Bonchev–Trinajstić information content (AvgIpc) is 2.37. The van der Waals surface area contributed by atoms with Crippen LogP contribution in [0.25, 0.3) is 0 Å². The average molecular weight is 250 g/mol. The van der Waals surface area contributed by atoms with E-state index in [1.807, 2.05) is 18.7 Å². The van der Waals surface area contributed by atoms with Gasteiger partial charge in [-0.25, -0.2) is 4.98 Å². The second-order valence-electron chi connectivity index (χ2n) is 4.56. The van der Waals surface area contributed by atoms with Gasteiger partial charge in [0.15, 0.2) is 0 Å². The Labute approximate surface area is 107 Å². The maximum absolute atomic E-state index is 12.3. The Kier molecular flexibility index (Phi) is 3.81. The summed E-state index contributed by atoms with van der Waals surface area (Å²) in [4.78, 5) is 18.1. The second-order valence-corrected chi connectivity index (χ2v) is 4.56. The third-order valence-electron chi connectivity index (χ3n) is 2.90. The fraction of sp³-hybridized carbons (Fsp3) is 0.538. The van der Waals surface area contributed by atoms with Crippen molar-refractivity contribution in [2.45, 2.75) is 26.1 Å². The lowest BCUT2D eigenvalue weighted by molar-refractivity contribution is -0.0586. The van der Waals surface area contributed by atoms with Gasteiger partial charge in [-0.1, -0.05) is 0 Å². The van der Waals surface area contributed by atoms with Gasteiger partial charge in [-0.05, 0) is 19.9 Å². The van der Waals surface area contributed by atoms with Gasteiger partial charge in [0.2, 0.25) is 5.88 Å². The summed E-state index contributed by atoms with van der Waals surface area (Å²) in [6, 6.07) is 3.43. The zero-order valence-electron chi connectivity index (χ0n) is 10.9. The molecule has 0 saturated carbocycles. The Morgan fingerprint density at radius 1 is 1.39 bits per heavy atom. The van der Waals surface area contributed by atoms with Crippen LogP contribution in [0, 0.1) is 0 Å². The zero-order chi connectivity index (χ0) is 13.1. The van der Waals surface area contributed by atoms with Crippen LogP contribution in [0.3, 0.4) is 0 Å². The number of ether oxygens (including phenoxy) is 2. The number of carbonyl (C=O) groups excluding carboxylic acids is 1. The Bertz CT molecular complexity index is 409. The van der Waals surface area contributed by atoms with Crippen LogP contribution in [-0.4, -0.2) is 48.2 Å². The highest BCUT2D eigenvalue weighted by molar-refractivity contribution is 5.94. The Morgan fingerprint density at radius 2 is 2.06 bits per heavy atom. The monoisotopic (exact) mass is 250 g/mol. The number of carbonyl (C=O) groups is 1. The molecule has 1 fully saturated rings. The van der Waals surface area contributed by atoms with Crippen LogP contribution in [0.1, 0.15) is 24.2 Å². The number of rotatable bonds is 2. The van der Waals surface area contributed by atoms with Gasteiger partial charge >= 0.3 is 0 Å². The minimum atomic E-state index is -0.00727. The van der Waals surface area contributed by atoms with Crippen LogP contribution in [0.5, 0.6) is 5.88 Å². The first-order chi connectivity index (χ1) is 8.60. The van der Waals surface area contributed by atoms with Gasteiger partial charge in [-0.15, -0.1) is 0 Å². The van der Waals surface area contributed by atoms with Crippen molar-refractivity contribution in [1.29, 1.82) is 0 Å². The van der Waals surface area contributed by atoms with Gasteiger partial charge in [0.25, 0.3) is 5.91 Å². The molecule has 2 atom stereocenters. The van der Waals surface area contributed by atoms with Crippen LogP contribution in [0.4, 0.5) is 0 Å². The Balaban J connectivity index is 2.09. The molecule has 0 aromatic carbocycles. The largest absolute Gasteiger partial charge is 0.481 e. The van der Waals surface area contributed by atoms with Crippen molar-refractivity contribution in [3.8, 4) is 5.88 Å². The number of amides is 1. The van der Waals surface area contributed by atoms with Crippen molar-refractivity contribution < 1.29 is 14.3 Å². The number of nitrogens with zero attached hydrogens (tertiary/aromatic N) is 2. The number of morpholine rings is 1. The zero-order valence-corrected chi connectivity index (χ0v) is 10.9. The summed E-state index contributed by atoms with van der Waals surface area (Å²) >= 11 is 0. The molecule has 1 amide bonds. The molecule has 0 radical (unpaired) electrons. The smallest absolute Gasteiger partial charge is 0.255 e. The minimum Gasteiger partial charge on any atom is -0.481 e. The van der Waals surface area contributed by atoms with Gasteiger partial charge in [0.05, 0.1) is 24.9 Å². The summed E-state index contributed by atoms with van der Waals surface area (Å²) in [5.41, 5.74) is 0.581. The molecule has 1 saturated heterocycles. The van der Waals surface area contributed by atoms with Crippen LogP contribution < -0.4 is 4.74 Å². The van der Waals surface area contributed by atoms with E-state index >= 15 is 0 Å². The molecule has 0 N–H and O–H groups in total. The van der Waals surface area contributed by atoms with E-state index < -0.39 is 0 Å². The van der Waals surface area contributed by atoms with Crippen molar-refractivity contribution >= 4 is 5.91 Å². The van der Waals surface area contributed by atoms with E-state index in [1.54, 1.807) is 25.4 Å². The summed E-state index contributed by atoms with van der Waals surface area (Å²) in [7, 11) is 1.55. The van der Waals surface area contributed by atoms with E-state index in [9.17, 15) is 4.79 Å². The molecule has 0 spiro atoms. The van der Waals surface area contributed by atoms with Crippen molar-refractivity contribution in [2.75, 3.05) is 20.2 Å². The van der Waals surface area contributed by atoms with Crippen molar-refractivity contribution in [3.05, 3.63) is 23.9 Å². The fourth-order valence-corrected chi connectivity index (χ4v) is 2.15. The quantitative estimate of drug-likeness (QED) is 0.794. The third-order valence-corrected chi connectivity index (χ3v) is 2.90. The normalized spacial score (nSPS) is 23.8. The van der Waals surface area contributed by atoms with Crippen LogP contribution in [0.2, 0.25) is 0 Å². The first kappa shape index (κ1) is 12.8.